The van der Waals surface area contributed by atoms with E-state index in [0.717, 1.165) is 18.4 Å². The number of carbonyl (C=O) groups excluding carboxylic acids is 2. The Bertz CT molecular complexity index is 1190. The summed E-state index contributed by atoms with van der Waals surface area (Å²) in [6.07, 6.45) is 3.39. The quantitative estimate of drug-likeness (QED) is 0.529. The van der Waals surface area contributed by atoms with Crippen LogP contribution in [0.2, 0.25) is 0 Å². The third-order valence-corrected chi connectivity index (χ3v) is 7.39. The van der Waals surface area contributed by atoms with Gasteiger partial charge in [0.1, 0.15) is 6.04 Å². The van der Waals surface area contributed by atoms with Gasteiger partial charge in [0.05, 0.1) is 11.2 Å². The van der Waals surface area contributed by atoms with Gasteiger partial charge in [0.25, 0.3) is 5.91 Å². The first-order valence-corrected chi connectivity index (χ1v) is 12.2. The second-order valence-corrected chi connectivity index (χ2v) is 9.76. The predicted octanol–water partition coefficient (Wildman–Crippen LogP) is 3.04. The maximum absolute atomic E-state index is 13.0. The average Bonchev–Trinajstić information content (AvgIpc) is 3.54. The molecule has 1 aliphatic rings. The Kier molecular flexibility index (Phi) is 6.90. The minimum atomic E-state index is -3.53. The Balaban J connectivity index is 1.48. The molecule has 2 N–H and O–H groups in total. The molecule has 8 nitrogen and oxygen atoms in total. The van der Waals surface area contributed by atoms with E-state index in [9.17, 15) is 18.0 Å². The van der Waals surface area contributed by atoms with Gasteiger partial charge >= 0.3 is 0 Å². The third kappa shape index (κ3) is 5.50. The molecule has 1 fully saturated rings. The van der Waals surface area contributed by atoms with Gasteiger partial charge in [-0.05, 0) is 54.8 Å². The van der Waals surface area contributed by atoms with Crippen molar-refractivity contribution in [1.82, 2.24) is 9.62 Å². The van der Waals surface area contributed by atoms with E-state index in [2.05, 4.69) is 10.6 Å². The molecule has 0 bridgehead atoms. The number of furan rings is 1. The Morgan fingerprint density at radius 3 is 2.27 bits per heavy atom. The highest BCUT2D eigenvalue weighted by molar-refractivity contribution is 7.89. The van der Waals surface area contributed by atoms with Crippen molar-refractivity contribution in [3.63, 3.8) is 0 Å². The van der Waals surface area contributed by atoms with Crippen LogP contribution in [0.5, 0.6) is 0 Å². The molecule has 0 saturated carbocycles. The van der Waals surface area contributed by atoms with E-state index in [4.69, 9.17) is 4.42 Å². The summed E-state index contributed by atoms with van der Waals surface area (Å²) < 4.78 is 32.0. The second-order valence-electron chi connectivity index (χ2n) is 7.82. The molecule has 0 radical (unpaired) electrons. The molecule has 0 unspecified atom stereocenters. The van der Waals surface area contributed by atoms with Crippen molar-refractivity contribution >= 4 is 27.5 Å². The molecule has 2 amide bonds. The number of nitrogens with zero attached hydrogens (tertiary/aromatic N) is 1. The van der Waals surface area contributed by atoms with E-state index in [1.807, 2.05) is 30.3 Å². The SMILES string of the molecule is O=C(N[C@@H](Cc1ccccc1)C(=O)Nc1ccc(S(=O)(=O)N2CCCC2)cc1)c1ccco1. The number of sulfonamides is 1. The van der Waals surface area contributed by atoms with Crippen molar-refractivity contribution < 1.29 is 22.4 Å². The maximum Gasteiger partial charge on any atom is 0.287 e. The molecule has 1 atom stereocenters. The summed E-state index contributed by atoms with van der Waals surface area (Å²) in [5, 5.41) is 5.48. The standard InChI is InChI=1S/C24H25N3O5S/c28-23(25-19-10-12-20(13-11-19)33(30,31)27-14-4-5-15-27)21(17-18-7-2-1-3-8-18)26-24(29)22-9-6-16-32-22/h1-3,6-13,16,21H,4-5,14-15,17H2,(H,25,28)(H,26,29)/t21-/m0/s1. The number of hydrogen-bond donors (Lipinski definition) is 2. The lowest BCUT2D eigenvalue weighted by Gasteiger charge is -2.19. The third-order valence-electron chi connectivity index (χ3n) is 5.47. The number of hydrogen-bond acceptors (Lipinski definition) is 5. The Labute approximate surface area is 192 Å². The van der Waals surface area contributed by atoms with Crippen molar-refractivity contribution in [3.05, 3.63) is 84.3 Å². The van der Waals surface area contributed by atoms with Gasteiger partial charge in [0, 0.05) is 25.2 Å². The lowest BCUT2D eigenvalue weighted by Crippen LogP contribution is -2.45. The Morgan fingerprint density at radius 2 is 1.64 bits per heavy atom. The first-order chi connectivity index (χ1) is 15.9. The van der Waals surface area contributed by atoms with E-state index in [1.54, 1.807) is 18.2 Å². The van der Waals surface area contributed by atoms with Crippen LogP contribution in [0.1, 0.15) is 29.0 Å². The summed E-state index contributed by atoms with van der Waals surface area (Å²) in [4.78, 5) is 25.7. The van der Waals surface area contributed by atoms with Gasteiger partial charge in [-0.3, -0.25) is 9.59 Å². The van der Waals surface area contributed by atoms with Crippen molar-refractivity contribution in [3.8, 4) is 0 Å². The molecule has 1 saturated heterocycles. The number of nitrogens with one attached hydrogen (secondary N) is 2. The van der Waals surface area contributed by atoms with E-state index in [-0.39, 0.29) is 17.1 Å². The number of rotatable bonds is 8. The Hall–Kier alpha value is -3.43. The highest BCUT2D eigenvalue weighted by Gasteiger charge is 2.27. The first-order valence-electron chi connectivity index (χ1n) is 10.7. The zero-order valence-electron chi connectivity index (χ0n) is 17.9. The zero-order chi connectivity index (χ0) is 23.3. The summed E-state index contributed by atoms with van der Waals surface area (Å²) in [5.74, 6) is -0.811. The van der Waals surface area contributed by atoms with Gasteiger partial charge in [-0.25, -0.2) is 8.42 Å². The molecule has 4 rings (SSSR count). The molecule has 1 aromatic heterocycles. The Morgan fingerprint density at radius 1 is 0.939 bits per heavy atom. The average molecular weight is 468 g/mol. The summed E-state index contributed by atoms with van der Waals surface area (Å²) in [6.45, 7) is 1.05. The largest absolute Gasteiger partial charge is 0.459 e. The summed E-state index contributed by atoms with van der Waals surface area (Å²) in [6, 6.07) is 17.7. The van der Waals surface area contributed by atoms with Crippen molar-refractivity contribution in [2.75, 3.05) is 18.4 Å². The van der Waals surface area contributed by atoms with E-state index >= 15 is 0 Å². The van der Waals surface area contributed by atoms with Gasteiger partial charge in [-0.2, -0.15) is 4.31 Å². The minimum Gasteiger partial charge on any atom is -0.459 e. The van der Waals surface area contributed by atoms with Gasteiger partial charge in [0.15, 0.2) is 5.76 Å². The van der Waals surface area contributed by atoms with Gasteiger partial charge in [0.2, 0.25) is 15.9 Å². The number of amides is 2. The molecular weight excluding hydrogens is 442 g/mol. The monoisotopic (exact) mass is 467 g/mol. The van der Waals surface area contributed by atoms with Crippen molar-refractivity contribution in [2.24, 2.45) is 0 Å². The van der Waals surface area contributed by atoms with Crippen molar-refractivity contribution in [2.45, 2.75) is 30.2 Å². The van der Waals surface area contributed by atoms with Crippen molar-refractivity contribution in [1.29, 1.82) is 0 Å². The van der Waals surface area contributed by atoms with E-state index in [0.29, 0.717) is 18.8 Å². The molecule has 33 heavy (non-hydrogen) atoms. The second kappa shape index (κ2) is 10.0. The van der Waals surface area contributed by atoms with Gasteiger partial charge in [-0.15, -0.1) is 0 Å². The summed E-state index contributed by atoms with van der Waals surface area (Å²) in [7, 11) is -3.53. The van der Waals surface area contributed by atoms with Crippen LogP contribution in [0.25, 0.3) is 0 Å². The van der Waals surface area contributed by atoms with Gasteiger partial charge < -0.3 is 15.1 Å². The fraction of sp³-hybridized carbons (Fsp3) is 0.250. The van der Waals surface area contributed by atoms with E-state index in [1.165, 1.54) is 28.8 Å². The highest BCUT2D eigenvalue weighted by Crippen LogP contribution is 2.22. The molecule has 0 spiro atoms. The van der Waals surface area contributed by atoms with E-state index < -0.39 is 27.9 Å². The smallest absolute Gasteiger partial charge is 0.287 e. The van der Waals surface area contributed by atoms with Crippen LogP contribution in [-0.4, -0.2) is 43.7 Å². The van der Waals surface area contributed by atoms with Crippen LogP contribution in [0.4, 0.5) is 5.69 Å². The molecule has 3 aromatic rings. The molecule has 2 aromatic carbocycles. The molecule has 2 heterocycles. The maximum atomic E-state index is 13.0. The normalized spacial score (nSPS) is 15.2. The van der Waals surface area contributed by atoms with Crippen LogP contribution in [0.3, 0.4) is 0 Å². The van der Waals surface area contributed by atoms with Crippen LogP contribution in [0, 0.1) is 0 Å². The van der Waals surface area contributed by atoms with Crippen LogP contribution < -0.4 is 10.6 Å². The van der Waals surface area contributed by atoms with Crippen LogP contribution in [0.15, 0.2) is 82.3 Å². The molecular formula is C24H25N3O5S. The van der Waals surface area contributed by atoms with Gasteiger partial charge in [-0.1, -0.05) is 30.3 Å². The van der Waals surface area contributed by atoms with Crippen LogP contribution >= 0.6 is 0 Å². The van der Waals surface area contributed by atoms with Crippen LogP contribution in [-0.2, 0) is 21.2 Å². The molecule has 0 aliphatic carbocycles. The lowest BCUT2D eigenvalue weighted by atomic mass is 10.0. The zero-order valence-corrected chi connectivity index (χ0v) is 18.8. The summed E-state index contributed by atoms with van der Waals surface area (Å²) >= 11 is 0. The fourth-order valence-corrected chi connectivity index (χ4v) is 5.23. The number of benzene rings is 2. The summed E-state index contributed by atoms with van der Waals surface area (Å²) in [5.41, 5.74) is 1.31. The molecule has 9 heteroatoms. The lowest BCUT2D eigenvalue weighted by molar-refractivity contribution is -0.118. The topological polar surface area (TPSA) is 109 Å². The molecule has 1 aliphatic heterocycles. The first kappa shape index (κ1) is 22.8. The molecule has 172 valence electrons. The number of anilines is 1. The highest BCUT2D eigenvalue weighted by atomic mass is 32.2. The fourth-order valence-electron chi connectivity index (χ4n) is 3.71. The minimum absolute atomic E-state index is 0.109. The predicted molar refractivity (Wildman–Crippen MR) is 123 cm³/mol. The number of carbonyl (C=O) groups is 2.